The molecule has 1 heterocycles. The largest absolute Gasteiger partial charge is 0.350 e. The van der Waals surface area contributed by atoms with Crippen LogP contribution in [0.2, 0.25) is 5.02 Å². The number of halogens is 2. The summed E-state index contributed by atoms with van der Waals surface area (Å²) in [6, 6.07) is 4.62. The van der Waals surface area contributed by atoms with Crippen LogP contribution in [0.5, 0.6) is 0 Å². The lowest BCUT2D eigenvalue weighted by atomic mass is 9.86. The molecule has 1 aliphatic carbocycles. The van der Waals surface area contributed by atoms with Gasteiger partial charge >= 0.3 is 0 Å². The van der Waals surface area contributed by atoms with Crippen molar-refractivity contribution < 1.29 is 14.0 Å². The summed E-state index contributed by atoms with van der Waals surface area (Å²) in [5.41, 5.74) is 2.03. The van der Waals surface area contributed by atoms with Crippen LogP contribution in [-0.4, -0.2) is 17.6 Å². The van der Waals surface area contributed by atoms with Gasteiger partial charge in [0.15, 0.2) is 5.60 Å². The average molecular weight is 353 g/mol. The molecule has 0 bridgehead atoms. The predicted molar refractivity (Wildman–Crippen MR) is 91.6 cm³/mol. The van der Waals surface area contributed by atoms with Crippen LogP contribution in [0.4, 0.5) is 4.39 Å². The van der Waals surface area contributed by atoms with Crippen molar-refractivity contribution in [3.8, 4) is 0 Å². The molecule has 0 spiro atoms. The lowest BCUT2D eigenvalue weighted by Gasteiger charge is -2.30. The van der Waals surface area contributed by atoms with Crippen molar-refractivity contribution in [1.29, 1.82) is 0 Å². The molecule has 1 amide bonds. The summed E-state index contributed by atoms with van der Waals surface area (Å²) in [4.78, 5) is 18.1. The second-order valence-corrected chi connectivity index (χ2v) is 7.32. The first-order valence-corrected chi connectivity index (χ1v) is 8.69. The number of hydrogen-bond donors (Lipinski definition) is 2. The Labute approximate surface area is 146 Å². The van der Waals surface area contributed by atoms with Crippen LogP contribution in [0.25, 0.3) is 5.70 Å². The average Bonchev–Trinajstić information content (AvgIpc) is 2.91. The van der Waals surface area contributed by atoms with Gasteiger partial charge in [-0.3, -0.25) is 15.1 Å². The van der Waals surface area contributed by atoms with Gasteiger partial charge in [-0.25, -0.2) is 4.39 Å². The van der Waals surface area contributed by atoms with Gasteiger partial charge in [0, 0.05) is 6.04 Å². The van der Waals surface area contributed by atoms with E-state index in [0.717, 1.165) is 19.3 Å². The minimum absolute atomic E-state index is 0.163. The number of carbonyl (C=O) groups is 1. The fourth-order valence-electron chi connectivity index (χ4n) is 3.38. The molecule has 0 saturated heterocycles. The lowest BCUT2D eigenvalue weighted by Crippen LogP contribution is -2.49. The van der Waals surface area contributed by atoms with Crippen molar-refractivity contribution in [3.05, 3.63) is 40.7 Å². The topological polar surface area (TPSA) is 50.4 Å². The van der Waals surface area contributed by atoms with Crippen LogP contribution in [0.3, 0.4) is 0 Å². The highest BCUT2D eigenvalue weighted by atomic mass is 35.5. The van der Waals surface area contributed by atoms with Crippen LogP contribution in [-0.2, 0) is 9.63 Å². The zero-order valence-corrected chi connectivity index (χ0v) is 14.6. The molecule has 0 radical (unpaired) electrons. The highest BCUT2D eigenvalue weighted by Gasteiger charge is 2.40. The van der Waals surface area contributed by atoms with E-state index >= 15 is 0 Å². The molecule has 2 N–H and O–H groups in total. The number of benzene rings is 1. The van der Waals surface area contributed by atoms with Crippen LogP contribution in [0.1, 0.15) is 45.1 Å². The standard InChI is InChI=1S/C18H22ClFN2O2/c1-11-5-3-6-12(9-11)21-17(23)18(2)10-15(22-24-18)16-13(19)7-4-8-14(16)20/h4,7-8,10-12,22H,3,5-6,9H2,1-2H3,(H,21,23). The maximum atomic E-state index is 14.0. The number of rotatable bonds is 3. The second kappa shape index (κ2) is 6.73. The van der Waals surface area contributed by atoms with Gasteiger partial charge in [-0.2, -0.15) is 0 Å². The molecule has 3 atom stereocenters. The number of hydrogen-bond acceptors (Lipinski definition) is 3. The Hall–Kier alpha value is -1.59. The summed E-state index contributed by atoms with van der Waals surface area (Å²) in [6.07, 6.45) is 5.87. The molecule has 130 valence electrons. The number of nitrogens with one attached hydrogen (secondary N) is 2. The van der Waals surface area contributed by atoms with Crippen LogP contribution in [0.15, 0.2) is 24.3 Å². The number of amides is 1. The Morgan fingerprint density at radius 3 is 2.96 bits per heavy atom. The van der Waals surface area contributed by atoms with Crippen molar-refractivity contribution >= 4 is 23.2 Å². The first kappa shape index (κ1) is 17.2. The Balaban J connectivity index is 1.76. The van der Waals surface area contributed by atoms with Gasteiger partial charge in [0.25, 0.3) is 5.91 Å². The quantitative estimate of drug-likeness (QED) is 0.869. The van der Waals surface area contributed by atoms with Gasteiger partial charge in [-0.1, -0.05) is 37.4 Å². The molecule has 1 saturated carbocycles. The fraction of sp³-hybridized carbons (Fsp3) is 0.500. The molecule has 4 nitrogen and oxygen atoms in total. The SMILES string of the molecule is CC1CCCC(NC(=O)C2(C)C=C(c3c(F)cccc3Cl)NO2)C1. The normalized spacial score (nSPS) is 29.8. The van der Waals surface area contributed by atoms with Crippen molar-refractivity contribution in [2.24, 2.45) is 5.92 Å². The van der Waals surface area contributed by atoms with E-state index in [2.05, 4.69) is 17.7 Å². The van der Waals surface area contributed by atoms with Crippen molar-refractivity contribution in [1.82, 2.24) is 10.8 Å². The third-order valence-corrected chi connectivity index (χ3v) is 5.06. The summed E-state index contributed by atoms with van der Waals surface area (Å²) < 4.78 is 14.0. The minimum atomic E-state index is -1.19. The van der Waals surface area contributed by atoms with Crippen molar-refractivity contribution in [2.45, 2.75) is 51.2 Å². The van der Waals surface area contributed by atoms with Crippen LogP contribution in [0, 0.1) is 11.7 Å². The highest BCUT2D eigenvalue weighted by molar-refractivity contribution is 6.32. The van der Waals surface area contributed by atoms with Gasteiger partial charge in [-0.15, -0.1) is 0 Å². The Morgan fingerprint density at radius 1 is 1.46 bits per heavy atom. The molecule has 24 heavy (non-hydrogen) atoms. The third kappa shape index (κ3) is 3.42. The van der Waals surface area contributed by atoms with E-state index in [1.165, 1.54) is 18.6 Å². The monoisotopic (exact) mass is 352 g/mol. The number of hydroxylamine groups is 1. The summed E-state index contributed by atoms with van der Waals surface area (Å²) >= 11 is 6.08. The van der Waals surface area contributed by atoms with Crippen LogP contribution < -0.4 is 10.8 Å². The molecule has 1 aliphatic heterocycles. The molecular weight excluding hydrogens is 331 g/mol. The lowest BCUT2D eigenvalue weighted by molar-refractivity contribution is -0.142. The smallest absolute Gasteiger partial charge is 0.259 e. The van der Waals surface area contributed by atoms with E-state index in [-0.39, 0.29) is 22.5 Å². The highest BCUT2D eigenvalue weighted by Crippen LogP contribution is 2.32. The molecule has 2 aliphatic rings. The third-order valence-electron chi connectivity index (χ3n) is 4.75. The van der Waals surface area contributed by atoms with Gasteiger partial charge < -0.3 is 5.32 Å². The molecule has 3 unspecified atom stereocenters. The van der Waals surface area contributed by atoms with Gasteiger partial charge in [0.1, 0.15) is 5.82 Å². The second-order valence-electron chi connectivity index (χ2n) is 6.91. The first-order valence-electron chi connectivity index (χ1n) is 8.31. The fourth-order valence-corrected chi connectivity index (χ4v) is 3.64. The first-order chi connectivity index (χ1) is 11.4. The van der Waals surface area contributed by atoms with Crippen molar-refractivity contribution in [3.63, 3.8) is 0 Å². The molecular formula is C18H22ClFN2O2. The van der Waals surface area contributed by atoms with E-state index in [9.17, 15) is 9.18 Å². The Morgan fingerprint density at radius 2 is 2.25 bits per heavy atom. The van der Waals surface area contributed by atoms with E-state index in [1.807, 2.05) is 0 Å². The maximum Gasteiger partial charge on any atom is 0.259 e. The zero-order chi connectivity index (χ0) is 17.3. The van der Waals surface area contributed by atoms with Crippen LogP contribution >= 0.6 is 11.6 Å². The van der Waals surface area contributed by atoms with Crippen molar-refractivity contribution in [2.75, 3.05) is 0 Å². The zero-order valence-electron chi connectivity index (χ0n) is 13.9. The van der Waals surface area contributed by atoms with E-state index in [4.69, 9.17) is 16.4 Å². The molecule has 0 aromatic heterocycles. The Kier molecular flexibility index (Phi) is 4.83. The molecule has 6 heteroatoms. The Bertz CT molecular complexity index is 659. The summed E-state index contributed by atoms with van der Waals surface area (Å²) in [7, 11) is 0. The number of carbonyl (C=O) groups excluding carboxylic acids is 1. The van der Waals surface area contributed by atoms with E-state index in [0.29, 0.717) is 11.6 Å². The van der Waals surface area contributed by atoms with Gasteiger partial charge in [0.05, 0.1) is 16.3 Å². The summed E-state index contributed by atoms with van der Waals surface area (Å²) in [5, 5.41) is 3.32. The summed E-state index contributed by atoms with van der Waals surface area (Å²) in [5.74, 6) is -0.0741. The summed E-state index contributed by atoms with van der Waals surface area (Å²) in [6.45, 7) is 3.86. The van der Waals surface area contributed by atoms with E-state index < -0.39 is 11.4 Å². The minimum Gasteiger partial charge on any atom is -0.350 e. The van der Waals surface area contributed by atoms with E-state index in [1.54, 1.807) is 19.1 Å². The van der Waals surface area contributed by atoms with Gasteiger partial charge in [0.2, 0.25) is 0 Å². The predicted octanol–water partition coefficient (Wildman–Crippen LogP) is 3.81. The maximum absolute atomic E-state index is 14.0. The molecule has 1 fully saturated rings. The molecule has 1 aromatic rings. The molecule has 1 aromatic carbocycles. The molecule has 3 rings (SSSR count). The van der Waals surface area contributed by atoms with Gasteiger partial charge in [-0.05, 0) is 43.9 Å².